The van der Waals surface area contributed by atoms with Gasteiger partial charge in [-0.1, -0.05) is 40.6 Å². The summed E-state index contributed by atoms with van der Waals surface area (Å²) in [6.45, 7) is 2.05. The quantitative estimate of drug-likeness (QED) is 0.185. The van der Waals surface area contributed by atoms with Gasteiger partial charge in [-0.15, -0.1) is 0 Å². The van der Waals surface area contributed by atoms with E-state index in [0.29, 0.717) is 64.0 Å². The number of halogens is 8. The number of anilines is 3. The maximum atomic E-state index is 13.3. The molecule has 1 N–H and O–H groups in total. The summed E-state index contributed by atoms with van der Waals surface area (Å²) in [7, 11) is 0. The molecule has 0 unspecified atom stereocenters. The van der Waals surface area contributed by atoms with E-state index in [1.807, 2.05) is 0 Å². The first-order valence-corrected chi connectivity index (χ1v) is 13.7. The van der Waals surface area contributed by atoms with Crippen molar-refractivity contribution in [2.24, 2.45) is 0 Å². The maximum absolute atomic E-state index is 13.3. The summed E-state index contributed by atoms with van der Waals surface area (Å²) in [6, 6.07) is 7.94. The first-order chi connectivity index (χ1) is 19.8. The van der Waals surface area contributed by atoms with Gasteiger partial charge in [-0.05, 0) is 42.0 Å². The summed E-state index contributed by atoms with van der Waals surface area (Å²) in [5.74, 6) is -2.89. The van der Waals surface area contributed by atoms with Gasteiger partial charge in [-0.3, -0.25) is 0 Å². The highest BCUT2D eigenvalue weighted by molar-refractivity contribution is 7.18. The zero-order chi connectivity index (χ0) is 30.2. The van der Waals surface area contributed by atoms with Crippen LogP contribution in [-0.2, 0) is 22.2 Å². The van der Waals surface area contributed by atoms with Crippen LogP contribution in [0.5, 0.6) is 0 Å². The van der Waals surface area contributed by atoms with E-state index in [0.717, 1.165) is 23.5 Å². The molecule has 2 aromatic carbocycles. The number of nitrogens with zero attached hydrogens (tertiary/aromatic N) is 5. The zero-order valence-corrected chi connectivity index (χ0v) is 23.4. The van der Waals surface area contributed by atoms with Gasteiger partial charge in [0.15, 0.2) is 4.83 Å². The standard InChI is InChI=1S/C25H18Cl2F6N6O2S/c26-16-2-1-3-17(27)15(16)12-18-35-19-20(36-23(37-21(19)42-18)38-10-8-34-9-11-38)39(41-22(40)25(31,32)33)14-6-4-13(5-7-14)24(28,29)30/h1-7,34H,8-12H2. The number of nitrogens with one attached hydrogen (secondary N) is 1. The van der Waals surface area contributed by atoms with Crippen molar-refractivity contribution in [3.05, 3.63) is 68.6 Å². The van der Waals surface area contributed by atoms with Crippen molar-refractivity contribution in [3.8, 4) is 0 Å². The van der Waals surface area contributed by atoms with Gasteiger partial charge in [-0.25, -0.2) is 9.78 Å². The third-order valence-electron chi connectivity index (χ3n) is 6.09. The van der Waals surface area contributed by atoms with Crippen LogP contribution < -0.4 is 15.3 Å². The summed E-state index contributed by atoms with van der Waals surface area (Å²) < 4.78 is 79.6. The topological polar surface area (TPSA) is 83.5 Å². The molecular weight excluding hydrogens is 633 g/mol. The van der Waals surface area contributed by atoms with Crippen molar-refractivity contribution in [2.75, 3.05) is 36.1 Å². The van der Waals surface area contributed by atoms with Gasteiger partial charge in [0, 0.05) is 42.6 Å². The Morgan fingerprint density at radius 1 is 0.976 bits per heavy atom. The van der Waals surface area contributed by atoms with Crippen LogP contribution >= 0.6 is 34.5 Å². The normalized spacial score (nSPS) is 14.3. The molecule has 0 bridgehead atoms. The van der Waals surface area contributed by atoms with Gasteiger partial charge in [0.05, 0.1) is 11.3 Å². The van der Waals surface area contributed by atoms with Crippen molar-refractivity contribution in [1.29, 1.82) is 0 Å². The Morgan fingerprint density at radius 3 is 2.21 bits per heavy atom. The van der Waals surface area contributed by atoms with Crippen molar-refractivity contribution < 1.29 is 36.0 Å². The number of carbonyl (C=O) groups excluding carboxylic acids is 1. The SMILES string of the molecule is O=C(ON(c1ccc(C(F)(F)F)cc1)c1nc(N2CCNCC2)nc2sc(Cc3c(Cl)cccc3Cl)nc12)C(F)(F)F. The van der Waals surface area contributed by atoms with Gasteiger partial charge in [0.25, 0.3) is 0 Å². The Morgan fingerprint density at radius 2 is 1.62 bits per heavy atom. The fourth-order valence-corrected chi connectivity index (χ4v) is 5.52. The fraction of sp³-hybridized carbons (Fsp3) is 0.280. The van der Waals surface area contributed by atoms with Gasteiger partial charge in [-0.2, -0.15) is 41.4 Å². The Hall–Kier alpha value is -3.40. The predicted octanol–water partition coefficient (Wildman–Crippen LogP) is 6.57. The summed E-state index contributed by atoms with van der Waals surface area (Å²) in [5, 5.41) is 4.70. The minimum absolute atomic E-state index is 0.0491. The highest BCUT2D eigenvalue weighted by atomic mass is 35.5. The highest BCUT2D eigenvalue weighted by Crippen LogP contribution is 2.38. The van der Waals surface area contributed by atoms with Crippen LogP contribution in [0.3, 0.4) is 0 Å². The molecule has 1 aliphatic heterocycles. The first kappa shape index (κ1) is 30.1. The number of piperazine rings is 1. The van der Waals surface area contributed by atoms with Crippen molar-refractivity contribution in [1.82, 2.24) is 20.3 Å². The van der Waals surface area contributed by atoms with Crippen LogP contribution in [0.15, 0.2) is 42.5 Å². The Balaban J connectivity index is 1.67. The lowest BCUT2D eigenvalue weighted by Gasteiger charge is -2.29. The molecule has 222 valence electrons. The smallest absolute Gasteiger partial charge is 0.338 e. The van der Waals surface area contributed by atoms with E-state index in [-0.39, 0.29) is 34.2 Å². The second-order valence-electron chi connectivity index (χ2n) is 8.94. The Labute approximate surface area is 247 Å². The van der Waals surface area contributed by atoms with Crippen molar-refractivity contribution in [3.63, 3.8) is 0 Å². The van der Waals surface area contributed by atoms with Crippen LogP contribution in [0.2, 0.25) is 10.0 Å². The number of thiazole rings is 1. The molecule has 1 aliphatic rings. The van der Waals surface area contributed by atoms with Crippen molar-refractivity contribution in [2.45, 2.75) is 18.8 Å². The summed E-state index contributed by atoms with van der Waals surface area (Å²) in [5.41, 5.74) is -0.905. The molecule has 42 heavy (non-hydrogen) atoms. The minimum atomic E-state index is -5.42. The molecule has 17 heteroatoms. The summed E-state index contributed by atoms with van der Waals surface area (Å²) >= 11 is 13.7. The highest BCUT2D eigenvalue weighted by Gasteiger charge is 2.44. The van der Waals surface area contributed by atoms with E-state index in [1.54, 1.807) is 23.1 Å². The average molecular weight is 651 g/mol. The third-order valence-corrected chi connectivity index (χ3v) is 7.75. The number of carbonyl (C=O) groups is 1. The van der Waals surface area contributed by atoms with Crippen LogP contribution in [0.25, 0.3) is 10.3 Å². The Kier molecular flexibility index (Phi) is 8.38. The molecule has 0 amide bonds. The van der Waals surface area contributed by atoms with Crippen LogP contribution in [-0.4, -0.2) is 53.3 Å². The molecule has 0 aliphatic carbocycles. The lowest BCUT2D eigenvalue weighted by molar-refractivity contribution is -0.199. The van der Waals surface area contributed by atoms with E-state index in [1.165, 1.54) is 0 Å². The molecule has 0 spiro atoms. The number of benzene rings is 2. The molecule has 0 saturated carbocycles. The molecular formula is C25H18Cl2F6N6O2S. The molecule has 1 fully saturated rings. The number of fused-ring (bicyclic) bond motifs is 1. The molecule has 3 heterocycles. The molecule has 2 aromatic heterocycles. The van der Waals surface area contributed by atoms with Gasteiger partial charge < -0.3 is 15.1 Å². The van der Waals surface area contributed by atoms with Crippen LogP contribution in [0, 0.1) is 0 Å². The Bertz CT molecular complexity index is 1590. The summed E-state index contributed by atoms with van der Waals surface area (Å²) in [6.07, 6.45) is -10.0. The molecule has 1 saturated heterocycles. The van der Waals surface area contributed by atoms with Crippen LogP contribution in [0.1, 0.15) is 16.1 Å². The number of aromatic nitrogens is 3. The van der Waals surface area contributed by atoms with E-state index in [2.05, 4.69) is 20.3 Å². The van der Waals surface area contributed by atoms with Crippen LogP contribution in [0.4, 0.5) is 43.8 Å². The molecule has 0 atom stereocenters. The first-order valence-electron chi connectivity index (χ1n) is 12.1. The lowest BCUT2D eigenvalue weighted by Crippen LogP contribution is -2.44. The molecule has 0 radical (unpaired) electrons. The largest absolute Gasteiger partial charge is 0.493 e. The molecule has 5 rings (SSSR count). The second-order valence-corrected chi connectivity index (χ2v) is 10.8. The van der Waals surface area contributed by atoms with Gasteiger partial charge >= 0.3 is 18.3 Å². The molecule has 4 aromatic rings. The monoisotopic (exact) mass is 650 g/mol. The second kappa shape index (κ2) is 11.7. The fourth-order valence-electron chi connectivity index (χ4n) is 4.05. The van der Waals surface area contributed by atoms with Crippen molar-refractivity contribution >= 4 is 68.3 Å². The van der Waals surface area contributed by atoms with Gasteiger partial charge in [0.1, 0.15) is 10.5 Å². The lowest BCUT2D eigenvalue weighted by atomic mass is 10.1. The number of alkyl halides is 6. The summed E-state index contributed by atoms with van der Waals surface area (Å²) in [4.78, 5) is 32.2. The van der Waals surface area contributed by atoms with Gasteiger partial charge in [0.2, 0.25) is 11.8 Å². The average Bonchev–Trinajstić information content (AvgIpc) is 3.35. The van der Waals surface area contributed by atoms with E-state index >= 15 is 0 Å². The van der Waals surface area contributed by atoms with E-state index in [4.69, 9.17) is 28.0 Å². The molecule has 8 nitrogen and oxygen atoms in total. The third kappa shape index (κ3) is 6.48. The maximum Gasteiger partial charge on any atom is 0.493 e. The zero-order valence-electron chi connectivity index (χ0n) is 21.1. The van der Waals surface area contributed by atoms with E-state index in [9.17, 15) is 31.1 Å². The predicted molar refractivity (Wildman–Crippen MR) is 145 cm³/mol. The minimum Gasteiger partial charge on any atom is -0.338 e. The number of hydrogen-bond acceptors (Lipinski definition) is 9. The van der Waals surface area contributed by atoms with E-state index < -0.39 is 23.9 Å². The number of rotatable bonds is 6. The number of hydrogen-bond donors (Lipinski definition) is 1.